The highest BCUT2D eigenvalue weighted by Crippen LogP contribution is 2.32. The molecule has 8 heteroatoms. The third kappa shape index (κ3) is 3.12. The van der Waals surface area contributed by atoms with Crippen LogP contribution in [0.2, 0.25) is 0 Å². The average molecular weight is 384 g/mol. The van der Waals surface area contributed by atoms with Gasteiger partial charge in [-0.25, -0.2) is 0 Å². The third-order valence-electron chi connectivity index (χ3n) is 5.93. The summed E-state index contributed by atoms with van der Waals surface area (Å²) in [6.07, 6.45) is 3.36. The van der Waals surface area contributed by atoms with Crippen molar-refractivity contribution in [2.45, 2.75) is 50.7 Å². The second kappa shape index (κ2) is 7.44. The fourth-order valence-corrected chi connectivity index (χ4v) is 4.56. The Morgan fingerprint density at radius 1 is 1.11 bits per heavy atom. The van der Waals surface area contributed by atoms with Crippen LogP contribution in [-0.4, -0.2) is 58.6 Å². The van der Waals surface area contributed by atoms with Gasteiger partial charge in [0.05, 0.1) is 11.1 Å². The van der Waals surface area contributed by atoms with E-state index in [0.29, 0.717) is 30.3 Å². The molecule has 0 radical (unpaired) electrons. The highest BCUT2D eigenvalue weighted by atomic mass is 16.2. The molecule has 3 N–H and O–H groups in total. The monoisotopic (exact) mass is 384 g/mol. The molecule has 2 fully saturated rings. The maximum Gasteiger partial charge on any atom is 0.262 e. The van der Waals surface area contributed by atoms with Crippen molar-refractivity contribution in [3.63, 3.8) is 0 Å². The molecule has 0 aromatic heterocycles. The molecule has 3 aliphatic rings. The molecule has 4 rings (SSSR count). The van der Waals surface area contributed by atoms with Crippen LogP contribution < -0.4 is 11.1 Å². The summed E-state index contributed by atoms with van der Waals surface area (Å²) in [5.74, 6) is -1.87. The van der Waals surface area contributed by atoms with Gasteiger partial charge >= 0.3 is 0 Å². The highest BCUT2D eigenvalue weighted by Gasteiger charge is 2.45. The molecule has 1 aromatic carbocycles. The predicted molar refractivity (Wildman–Crippen MR) is 100 cm³/mol. The molecular formula is C20H24N4O4. The Morgan fingerprint density at radius 2 is 1.93 bits per heavy atom. The minimum atomic E-state index is -0.935. The summed E-state index contributed by atoms with van der Waals surface area (Å²) in [6.45, 7) is 2.14. The molecule has 2 saturated heterocycles. The van der Waals surface area contributed by atoms with Crippen LogP contribution in [0, 0.1) is 0 Å². The smallest absolute Gasteiger partial charge is 0.262 e. The van der Waals surface area contributed by atoms with Crippen LogP contribution in [0.25, 0.3) is 0 Å². The molecule has 28 heavy (non-hydrogen) atoms. The first-order valence-corrected chi connectivity index (χ1v) is 9.79. The van der Waals surface area contributed by atoms with Crippen molar-refractivity contribution in [2.75, 3.05) is 13.1 Å². The lowest BCUT2D eigenvalue weighted by molar-refractivity contribution is -0.136. The van der Waals surface area contributed by atoms with E-state index in [9.17, 15) is 19.2 Å². The van der Waals surface area contributed by atoms with Gasteiger partial charge in [-0.1, -0.05) is 12.1 Å². The van der Waals surface area contributed by atoms with Crippen molar-refractivity contribution in [3.05, 3.63) is 34.9 Å². The van der Waals surface area contributed by atoms with Gasteiger partial charge in [0, 0.05) is 19.0 Å². The second-order valence-corrected chi connectivity index (χ2v) is 7.63. The van der Waals surface area contributed by atoms with Crippen molar-refractivity contribution in [2.24, 2.45) is 5.73 Å². The first kappa shape index (κ1) is 18.8. The molecule has 148 valence electrons. The Morgan fingerprint density at radius 3 is 2.68 bits per heavy atom. The number of amides is 4. The van der Waals surface area contributed by atoms with Gasteiger partial charge in [-0.2, -0.15) is 0 Å². The summed E-state index contributed by atoms with van der Waals surface area (Å²) in [4.78, 5) is 53.0. The Bertz CT molecular complexity index is 853. The van der Waals surface area contributed by atoms with E-state index in [2.05, 4.69) is 10.2 Å². The van der Waals surface area contributed by atoms with Crippen molar-refractivity contribution in [1.82, 2.24) is 15.1 Å². The zero-order valence-electron chi connectivity index (χ0n) is 15.6. The number of piperidine rings is 1. The number of likely N-dealkylation sites (tertiary alicyclic amines) is 1. The molecule has 0 spiro atoms. The number of imide groups is 2. The lowest BCUT2D eigenvalue weighted by atomic mass is 10.0. The van der Waals surface area contributed by atoms with Crippen LogP contribution in [0.15, 0.2) is 18.2 Å². The van der Waals surface area contributed by atoms with E-state index < -0.39 is 23.8 Å². The highest BCUT2D eigenvalue weighted by molar-refractivity contribution is 6.24. The van der Waals surface area contributed by atoms with E-state index in [0.717, 1.165) is 36.3 Å². The number of nitrogens with two attached hydrogens (primary N) is 1. The molecule has 0 saturated carbocycles. The lowest BCUT2D eigenvalue weighted by Crippen LogP contribution is -2.54. The van der Waals surface area contributed by atoms with Gasteiger partial charge in [0.2, 0.25) is 11.8 Å². The maximum atomic E-state index is 13.1. The number of hydrogen-bond acceptors (Lipinski definition) is 6. The fourth-order valence-electron chi connectivity index (χ4n) is 4.56. The minimum absolute atomic E-state index is 0.116. The number of carbonyl (C=O) groups is 4. The third-order valence-corrected chi connectivity index (χ3v) is 5.93. The van der Waals surface area contributed by atoms with Crippen LogP contribution in [-0.2, 0) is 16.1 Å². The zero-order valence-corrected chi connectivity index (χ0v) is 15.6. The SMILES string of the molecule is NCC[C@@H]1CCCN1Cc1cccc2c1C(=O)N(C1CCC(=O)NC1=O)C2=O. The van der Waals surface area contributed by atoms with Crippen molar-refractivity contribution in [1.29, 1.82) is 0 Å². The summed E-state index contributed by atoms with van der Waals surface area (Å²) in [6, 6.07) is 4.73. The van der Waals surface area contributed by atoms with Crippen molar-refractivity contribution >= 4 is 23.6 Å². The summed E-state index contributed by atoms with van der Waals surface area (Å²) in [7, 11) is 0. The second-order valence-electron chi connectivity index (χ2n) is 7.63. The van der Waals surface area contributed by atoms with Gasteiger partial charge in [-0.05, 0) is 50.4 Å². The fraction of sp³-hybridized carbons (Fsp3) is 0.500. The topological polar surface area (TPSA) is 113 Å². The Hall–Kier alpha value is -2.58. The number of nitrogens with one attached hydrogen (secondary N) is 1. The molecule has 1 unspecified atom stereocenters. The number of carbonyl (C=O) groups excluding carboxylic acids is 4. The summed E-state index contributed by atoms with van der Waals surface area (Å²) in [5.41, 5.74) is 7.24. The normalized spacial score (nSPS) is 25.4. The molecule has 2 atom stereocenters. The molecule has 4 amide bonds. The van der Waals surface area contributed by atoms with E-state index in [1.165, 1.54) is 0 Å². The minimum Gasteiger partial charge on any atom is -0.330 e. The van der Waals surface area contributed by atoms with Crippen LogP contribution in [0.4, 0.5) is 0 Å². The standard InChI is InChI=1S/C20H24N4O4/c21-9-8-13-4-2-10-23(13)11-12-3-1-5-14-17(12)20(28)24(19(14)27)15-6-7-16(25)22-18(15)26/h1,3,5,13,15H,2,4,6-11,21H2,(H,22,25,26)/t13-,15?/m0/s1. The van der Waals surface area contributed by atoms with Crippen LogP contribution in [0.3, 0.4) is 0 Å². The molecule has 1 aromatic rings. The van der Waals surface area contributed by atoms with E-state index in [1.807, 2.05) is 6.07 Å². The van der Waals surface area contributed by atoms with Gasteiger partial charge in [0.15, 0.2) is 0 Å². The van der Waals surface area contributed by atoms with E-state index in [1.54, 1.807) is 12.1 Å². The molecule has 3 aliphatic heterocycles. The molecule has 8 nitrogen and oxygen atoms in total. The van der Waals surface area contributed by atoms with Gasteiger partial charge < -0.3 is 5.73 Å². The van der Waals surface area contributed by atoms with E-state index in [-0.39, 0.29) is 18.7 Å². The Balaban J connectivity index is 1.61. The van der Waals surface area contributed by atoms with Gasteiger partial charge in [0.1, 0.15) is 6.04 Å². The summed E-state index contributed by atoms with van der Waals surface area (Å²) in [5, 5.41) is 2.22. The summed E-state index contributed by atoms with van der Waals surface area (Å²) >= 11 is 0. The van der Waals surface area contributed by atoms with Gasteiger partial charge in [0.25, 0.3) is 11.8 Å². The van der Waals surface area contributed by atoms with E-state index in [4.69, 9.17) is 5.73 Å². The van der Waals surface area contributed by atoms with Crippen molar-refractivity contribution in [3.8, 4) is 0 Å². The number of hydrogen-bond donors (Lipinski definition) is 2. The Labute approximate surface area is 163 Å². The van der Waals surface area contributed by atoms with Gasteiger partial charge in [-0.3, -0.25) is 34.3 Å². The lowest BCUT2D eigenvalue weighted by Gasteiger charge is -2.28. The molecule has 0 aliphatic carbocycles. The average Bonchev–Trinajstić information content (AvgIpc) is 3.20. The largest absolute Gasteiger partial charge is 0.330 e. The quantitative estimate of drug-likeness (QED) is 0.711. The molecule has 0 bridgehead atoms. The predicted octanol–water partition coefficient (Wildman–Crippen LogP) is 0.401. The number of rotatable bonds is 5. The maximum absolute atomic E-state index is 13.1. The number of nitrogens with zero attached hydrogens (tertiary/aromatic N) is 2. The Kier molecular flexibility index (Phi) is 4.99. The van der Waals surface area contributed by atoms with Gasteiger partial charge in [-0.15, -0.1) is 0 Å². The number of benzene rings is 1. The van der Waals surface area contributed by atoms with Crippen molar-refractivity contribution < 1.29 is 19.2 Å². The molecular weight excluding hydrogens is 360 g/mol. The van der Waals surface area contributed by atoms with Crippen LogP contribution in [0.1, 0.15) is 58.4 Å². The number of fused-ring (bicyclic) bond motifs is 1. The first-order valence-electron chi connectivity index (χ1n) is 9.79. The van der Waals surface area contributed by atoms with Crippen LogP contribution >= 0.6 is 0 Å². The summed E-state index contributed by atoms with van der Waals surface area (Å²) < 4.78 is 0. The first-order chi connectivity index (χ1) is 13.5. The molecule has 3 heterocycles. The van der Waals surface area contributed by atoms with E-state index >= 15 is 0 Å². The zero-order chi connectivity index (χ0) is 19.8. The van der Waals surface area contributed by atoms with Crippen LogP contribution in [0.5, 0.6) is 0 Å².